The number of nitrogens with one attached hydrogen (secondary N) is 1. The van der Waals surface area contributed by atoms with Crippen LogP contribution < -0.4 is 5.32 Å². The lowest BCUT2D eigenvalue weighted by Gasteiger charge is -2.38. The minimum absolute atomic E-state index is 0.0805. The minimum atomic E-state index is -0.228. The van der Waals surface area contributed by atoms with Gasteiger partial charge < -0.3 is 15.0 Å². The van der Waals surface area contributed by atoms with E-state index in [4.69, 9.17) is 4.74 Å². The van der Waals surface area contributed by atoms with E-state index in [1.165, 1.54) is 12.1 Å². The van der Waals surface area contributed by atoms with Crippen molar-refractivity contribution in [1.29, 1.82) is 0 Å². The van der Waals surface area contributed by atoms with E-state index in [0.717, 1.165) is 36.1 Å². The molecule has 6 heteroatoms. The van der Waals surface area contributed by atoms with Gasteiger partial charge >= 0.3 is 0 Å². The summed E-state index contributed by atoms with van der Waals surface area (Å²) in [5.41, 5.74) is 0.991. The maximum absolute atomic E-state index is 13.1. The van der Waals surface area contributed by atoms with Crippen molar-refractivity contribution in [3.63, 3.8) is 0 Å². The summed E-state index contributed by atoms with van der Waals surface area (Å²) in [4.78, 5) is 6.60. The molecule has 1 aliphatic heterocycles. The molecule has 1 aromatic rings. The number of rotatable bonds is 6. The van der Waals surface area contributed by atoms with Crippen LogP contribution in [0.5, 0.6) is 0 Å². The summed E-state index contributed by atoms with van der Waals surface area (Å²) in [6, 6.07) is 6.54. The molecule has 1 aliphatic rings. The van der Waals surface area contributed by atoms with Crippen LogP contribution >= 0.6 is 11.8 Å². The second kappa shape index (κ2) is 9.69. The van der Waals surface area contributed by atoms with Gasteiger partial charge in [0.2, 0.25) is 0 Å². The van der Waals surface area contributed by atoms with E-state index >= 15 is 0 Å². The van der Waals surface area contributed by atoms with E-state index < -0.39 is 0 Å². The molecule has 0 radical (unpaired) electrons. The van der Waals surface area contributed by atoms with Crippen molar-refractivity contribution in [2.24, 2.45) is 4.99 Å². The minimum Gasteiger partial charge on any atom is -0.367 e. The van der Waals surface area contributed by atoms with Gasteiger partial charge in [0.05, 0.1) is 12.6 Å². The first kappa shape index (κ1) is 18.8. The van der Waals surface area contributed by atoms with Crippen LogP contribution in [0.1, 0.15) is 18.6 Å². The summed E-state index contributed by atoms with van der Waals surface area (Å²) in [7, 11) is 1.80. The molecule has 1 heterocycles. The van der Waals surface area contributed by atoms with Crippen molar-refractivity contribution in [2.45, 2.75) is 19.1 Å². The topological polar surface area (TPSA) is 36.9 Å². The highest BCUT2D eigenvalue weighted by molar-refractivity contribution is 7.99. The number of morpholine rings is 1. The molecule has 0 saturated carbocycles. The Labute approximate surface area is 148 Å². The van der Waals surface area contributed by atoms with Crippen molar-refractivity contribution in [1.82, 2.24) is 10.2 Å². The van der Waals surface area contributed by atoms with Gasteiger partial charge in [-0.1, -0.05) is 18.2 Å². The monoisotopic (exact) mass is 351 g/mol. The standard InChI is InChI=1S/C18H26FN3OS/c1-4-10-24-11-9-21-18(20-3)22-12-14(2)23-17(13-22)15-5-7-16(19)8-6-15/h4-8,14,17H,1,9-13H2,2-3H3,(H,20,21). The van der Waals surface area contributed by atoms with Gasteiger partial charge in [-0.2, -0.15) is 11.8 Å². The van der Waals surface area contributed by atoms with Crippen molar-refractivity contribution in [3.8, 4) is 0 Å². The average molecular weight is 351 g/mol. The Bertz CT molecular complexity index is 550. The summed E-state index contributed by atoms with van der Waals surface area (Å²) < 4.78 is 19.2. The van der Waals surface area contributed by atoms with E-state index in [9.17, 15) is 4.39 Å². The third-order valence-electron chi connectivity index (χ3n) is 3.78. The SMILES string of the molecule is C=CCSCCNC(=NC)N1CC(C)OC(c2ccc(F)cc2)C1. The van der Waals surface area contributed by atoms with E-state index in [-0.39, 0.29) is 18.0 Å². The molecule has 0 aliphatic carbocycles. The van der Waals surface area contributed by atoms with Gasteiger partial charge in [-0.15, -0.1) is 6.58 Å². The van der Waals surface area contributed by atoms with Gasteiger partial charge in [-0.3, -0.25) is 4.99 Å². The second-order valence-electron chi connectivity index (χ2n) is 5.73. The molecular weight excluding hydrogens is 325 g/mol. The number of ether oxygens (including phenoxy) is 1. The van der Waals surface area contributed by atoms with Crippen LogP contribution in [0.4, 0.5) is 4.39 Å². The first-order chi connectivity index (χ1) is 11.6. The summed E-state index contributed by atoms with van der Waals surface area (Å²) in [5.74, 6) is 2.62. The molecule has 1 aromatic carbocycles. The molecule has 0 spiro atoms. The number of halogens is 1. The highest BCUT2D eigenvalue weighted by Crippen LogP contribution is 2.25. The number of nitrogens with zero attached hydrogens (tertiary/aromatic N) is 2. The zero-order valence-corrected chi connectivity index (χ0v) is 15.2. The zero-order valence-electron chi connectivity index (χ0n) is 14.4. The van der Waals surface area contributed by atoms with E-state index in [2.05, 4.69) is 28.7 Å². The van der Waals surface area contributed by atoms with E-state index in [1.54, 1.807) is 19.2 Å². The van der Waals surface area contributed by atoms with Crippen LogP contribution in [-0.4, -0.2) is 55.2 Å². The molecule has 132 valence electrons. The number of benzene rings is 1. The predicted octanol–water partition coefficient (Wildman–Crippen LogP) is 3.08. The Hall–Kier alpha value is -1.53. The summed E-state index contributed by atoms with van der Waals surface area (Å²) in [6.07, 6.45) is 1.92. The van der Waals surface area contributed by atoms with Gasteiger partial charge in [0, 0.05) is 31.6 Å². The first-order valence-corrected chi connectivity index (χ1v) is 9.34. The number of guanidine groups is 1. The van der Waals surface area contributed by atoms with Gasteiger partial charge in [0.25, 0.3) is 0 Å². The number of thioether (sulfide) groups is 1. The van der Waals surface area contributed by atoms with Crippen LogP contribution in [0, 0.1) is 5.82 Å². The lowest BCUT2D eigenvalue weighted by atomic mass is 10.1. The highest BCUT2D eigenvalue weighted by Gasteiger charge is 2.28. The smallest absolute Gasteiger partial charge is 0.193 e. The van der Waals surface area contributed by atoms with Crippen LogP contribution in [0.2, 0.25) is 0 Å². The zero-order chi connectivity index (χ0) is 17.4. The van der Waals surface area contributed by atoms with Gasteiger partial charge in [-0.25, -0.2) is 4.39 Å². The molecular formula is C18H26FN3OS. The Morgan fingerprint density at radius 1 is 1.46 bits per heavy atom. The van der Waals surface area contributed by atoms with Crippen molar-refractivity contribution in [2.75, 3.05) is 38.2 Å². The third kappa shape index (κ3) is 5.53. The van der Waals surface area contributed by atoms with E-state index in [1.807, 2.05) is 17.8 Å². The molecule has 0 aromatic heterocycles. The molecule has 2 atom stereocenters. The first-order valence-electron chi connectivity index (χ1n) is 8.19. The number of hydrogen-bond acceptors (Lipinski definition) is 3. The van der Waals surface area contributed by atoms with Gasteiger partial charge in [0.1, 0.15) is 11.9 Å². The predicted molar refractivity (Wildman–Crippen MR) is 100 cm³/mol. The Kier molecular flexibility index (Phi) is 7.59. The summed E-state index contributed by atoms with van der Waals surface area (Å²) >= 11 is 1.84. The number of hydrogen-bond donors (Lipinski definition) is 1. The molecule has 24 heavy (non-hydrogen) atoms. The Balaban J connectivity index is 1.95. The van der Waals surface area contributed by atoms with Crippen molar-refractivity contribution in [3.05, 3.63) is 48.3 Å². The molecule has 1 N–H and O–H groups in total. The summed E-state index contributed by atoms with van der Waals surface area (Å²) in [6.45, 7) is 8.13. The van der Waals surface area contributed by atoms with Gasteiger partial charge in [0.15, 0.2) is 5.96 Å². The maximum Gasteiger partial charge on any atom is 0.193 e. The fourth-order valence-corrected chi connectivity index (χ4v) is 3.30. The van der Waals surface area contributed by atoms with Crippen LogP contribution in [-0.2, 0) is 4.74 Å². The quantitative estimate of drug-likeness (QED) is 0.370. The molecule has 2 rings (SSSR count). The molecule has 4 nitrogen and oxygen atoms in total. The maximum atomic E-state index is 13.1. The molecule has 0 bridgehead atoms. The second-order valence-corrected chi connectivity index (χ2v) is 6.88. The largest absolute Gasteiger partial charge is 0.367 e. The summed E-state index contributed by atoms with van der Waals surface area (Å²) in [5, 5.41) is 3.40. The van der Waals surface area contributed by atoms with Crippen molar-refractivity contribution < 1.29 is 9.13 Å². The van der Waals surface area contributed by atoms with Crippen LogP contribution in [0.15, 0.2) is 41.9 Å². The fourth-order valence-electron chi connectivity index (χ4n) is 2.72. The molecule has 0 amide bonds. The van der Waals surface area contributed by atoms with Crippen LogP contribution in [0.25, 0.3) is 0 Å². The molecule has 1 fully saturated rings. The Morgan fingerprint density at radius 3 is 2.88 bits per heavy atom. The average Bonchev–Trinajstić information content (AvgIpc) is 2.58. The lowest BCUT2D eigenvalue weighted by Crippen LogP contribution is -2.51. The normalized spacial score (nSPS) is 21.6. The molecule has 2 unspecified atom stereocenters. The van der Waals surface area contributed by atoms with E-state index in [0.29, 0.717) is 6.54 Å². The van der Waals surface area contributed by atoms with Crippen LogP contribution in [0.3, 0.4) is 0 Å². The van der Waals surface area contributed by atoms with Gasteiger partial charge in [-0.05, 0) is 24.6 Å². The lowest BCUT2D eigenvalue weighted by molar-refractivity contribution is -0.0604. The Morgan fingerprint density at radius 2 is 2.21 bits per heavy atom. The number of aliphatic imine (C=N–C) groups is 1. The molecule has 1 saturated heterocycles. The third-order valence-corrected chi connectivity index (χ3v) is 4.74. The highest BCUT2D eigenvalue weighted by atomic mass is 32.2. The van der Waals surface area contributed by atoms with Crippen molar-refractivity contribution >= 4 is 17.7 Å². The fraction of sp³-hybridized carbons (Fsp3) is 0.500.